The van der Waals surface area contributed by atoms with Crippen LogP contribution < -0.4 is 0 Å². The number of rotatable bonds is 4. The van der Waals surface area contributed by atoms with E-state index in [0.717, 1.165) is 5.56 Å². The van der Waals surface area contributed by atoms with Crippen LogP contribution in [0.4, 0.5) is 4.79 Å². The molecule has 0 saturated carbocycles. The summed E-state index contributed by atoms with van der Waals surface area (Å²) in [4.78, 5) is 24.6. The Morgan fingerprint density at radius 3 is 2.67 bits per heavy atom. The van der Waals surface area contributed by atoms with Gasteiger partial charge in [-0.05, 0) is 12.0 Å². The summed E-state index contributed by atoms with van der Waals surface area (Å²) < 4.78 is 10.4. The second-order valence-electron chi connectivity index (χ2n) is 4.97. The molecule has 1 heterocycles. The lowest BCUT2D eigenvalue weighted by Gasteiger charge is -2.35. The van der Waals surface area contributed by atoms with E-state index in [1.165, 1.54) is 4.90 Å². The molecule has 0 bridgehead atoms. The lowest BCUT2D eigenvalue weighted by molar-refractivity contribution is -0.146. The fourth-order valence-corrected chi connectivity index (χ4v) is 2.40. The molecule has 2 rings (SSSR count). The van der Waals surface area contributed by atoms with Crippen molar-refractivity contribution in [3.8, 4) is 0 Å². The van der Waals surface area contributed by atoms with Gasteiger partial charge in [0.2, 0.25) is 0 Å². The standard InChI is InChI=1S/C15H19NO5/c1-20-12-7-8-16(13(9-12)14(17)18)15(19)21-10-11-5-3-2-4-6-11/h2-6,12-13H,7-10H2,1H3,(H,17,18). The maximum atomic E-state index is 12.1. The monoisotopic (exact) mass is 293 g/mol. The van der Waals surface area contributed by atoms with Gasteiger partial charge < -0.3 is 14.6 Å². The van der Waals surface area contributed by atoms with Crippen LogP contribution in [0.25, 0.3) is 0 Å². The van der Waals surface area contributed by atoms with Gasteiger partial charge in [0.1, 0.15) is 12.6 Å². The zero-order valence-electron chi connectivity index (χ0n) is 11.9. The zero-order chi connectivity index (χ0) is 15.2. The average Bonchev–Trinajstić information content (AvgIpc) is 2.52. The van der Waals surface area contributed by atoms with Crippen LogP contribution in [0.2, 0.25) is 0 Å². The summed E-state index contributed by atoms with van der Waals surface area (Å²) in [5.41, 5.74) is 0.865. The summed E-state index contributed by atoms with van der Waals surface area (Å²) in [6.07, 6.45) is 0.164. The summed E-state index contributed by atoms with van der Waals surface area (Å²) in [6.45, 7) is 0.458. The highest BCUT2D eigenvalue weighted by Gasteiger charge is 2.37. The highest BCUT2D eigenvalue weighted by molar-refractivity contribution is 5.80. The minimum atomic E-state index is -1.03. The van der Waals surface area contributed by atoms with E-state index in [9.17, 15) is 14.7 Å². The van der Waals surface area contributed by atoms with E-state index in [-0.39, 0.29) is 19.1 Å². The molecule has 1 N–H and O–H groups in total. The van der Waals surface area contributed by atoms with Crippen molar-refractivity contribution in [1.82, 2.24) is 4.90 Å². The van der Waals surface area contributed by atoms with Crippen LogP contribution in [0.5, 0.6) is 0 Å². The van der Waals surface area contributed by atoms with Gasteiger partial charge in [0, 0.05) is 20.1 Å². The number of amides is 1. The molecule has 21 heavy (non-hydrogen) atoms. The van der Waals surface area contributed by atoms with E-state index in [4.69, 9.17) is 9.47 Å². The van der Waals surface area contributed by atoms with Crippen molar-refractivity contribution in [2.45, 2.75) is 31.6 Å². The molecule has 1 amide bonds. The topological polar surface area (TPSA) is 76.1 Å². The molecule has 6 nitrogen and oxygen atoms in total. The molecular formula is C15H19NO5. The van der Waals surface area contributed by atoms with E-state index < -0.39 is 18.1 Å². The van der Waals surface area contributed by atoms with Crippen molar-refractivity contribution in [1.29, 1.82) is 0 Å². The second-order valence-corrected chi connectivity index (χ2v) is 4.97. The molecule has 0 radical (unpaired) electrons. The van der Waals surface area contributed by atoms with Crippen LogP contribution in [0.3, 0.4) is 0 Å². The summed E-state index contributed by atoms with van der Waals surface area (Å²) in [5, 5.41) is 9.25. The number of likely N-dealkylation sites (tertiary alicyclic amines) is 1. The highest BCUT2D eigenvalue weighted by Crippen LogP contribution is 2.21. The van der Waals surface area contributed by atoms with Crippen LogP contribution in [0, 0.1) is 0 Å². The Hall–Kier alpha value is -2.08. The number of benzene rings is 1. The number of hydrogen-bond acceptors (Lipinski definition) is 4. The third kappa shape index (κ3) is 3.95. The van der Waals surface area contributed by atoms with E-state index >= 15 is 0 Å². The second kappa shape index (κ2) is 7.08. The molecule has 0 spiro atoms. The van der Waals surface area contributed by atoms with Crippen molar-refractivity contribution in [2.75, 3.05) is 13.7 Å². The van der Waals surface area contributed by atoms with E-state index in [2.05, 4.69) is 0 Å². The highest BCUT2D eigenvalue weighted by atomic mass is 16.6. The van der Waals surface area contributed by atoms with Gasteiger partial charge in [0.05, 0.1) is 6.10 Å². The van der Waals surface area contributed by atoms with Crippen LogP contribution >= 0.6 is 0 Å². The maximum absolute atomic E-state index is 12.1. The number of nitrogens with zero attached hydrogens (tertiary/aromatic N) is 1. The summed E-state index contributed by atoms with van der Waals surface area (Å²) >= 11 is 0. The molecule has 114 valence electrons. The number of carbonyl (C=O) groups is 2. The molecule has 1 aromatic rings. The van der Waals surface area contributed by atoms with Crippen molar-refractivity contribution >= 4 is 12.1 Å². The molecule has 6 heteroatoms. The summed E-state index contributed by atoms with van der Waals surface area (Å²) in [6, 6.07) is 8.38. The number of methoxy groups -OCH3 is 1. The maximum Gasteiger partial charge on any atom is 0.410 e. The van der Waals surface area contributed by atoms with Gasteiger partial charge in [-0.2, -0.15) is 0 Å². The Morgan fingerprint density at radius 1 is 1.33 bits per heavy atom. The van der Waals surface area contributed by atoms with Gasteiger partial charge in [-0.3, -0.25) is 4.90 Å². The average molecular weight is 293 g/mol. The first-order valence-corrected chi connectivity index (χ1v) is 6.84. The van der Waals surface area contributed by atoms with Gasteiger partial charge in [-0.15, -0.1) is 0 Å². The normalized spacial score (nSPS) is 21.9. The number of carboxylic acid groups (broad SMARTS) is 1. The molecule has 0 aromatic heterocycles. The molecule has 0 aliphatic carbocycles. The largest absolute Gasteiger partial charge is 0.480 e. The number of hydrogen-bond donors (Lipinski definition) is 1. The minimum absolute atomic E-state index is 0.135. The number of aliphatic carboxylic acids is 1. The fourth-order valence-electron chi connectivity index (χ4n) is 2.40. The van der Waals surface area contributed by atoms with Crippen LogP contribution in [-0.4, -0.2) is 47.9 Å². The van der Waals surface area contributed by atoms with Gasteiger partial charge in [-0.25, -0.2) is 9.59 Å². The first kappa shape index (κ1) is 15.3. The number of carbonyl (C=O) groups excluding carboxylic acids is 1. The van der Waals surface area contributed by atoms with Crippen molar-refractivity contribution in [3.63, 3.8) is 0 Å². The predicted molar refractivity (Wildman–Crippen MR) is 74.8 cm³/mol. The fraction of sp³-hybridized carbons (Fsp3) is 0.467. The number of carboxylic acids is 1. The molecular weight excluding hydrogens is 274 g/mol. The van der Waals surface area contributed by atoms with Crippen LogP contribution in [0.1, 0.15) is 18.4 Å². The molecule has 1 aromatic carbocycles. The quantitative estimate of drug-likeness (QED) is 0.917. The van der Waals surface area contributed by atoms with Gasteiger partial charge >= 0.3 is 12.1 Å². The van der Waals surface area contributed by atoms with Gasteiger partial charge in [0.25, 0.3) is 0 Å². The Balaban J connectivity index is 1.95. The van der Waals surface area contributed by atoms with E-state index in [1.807, 2.05) is 30.3 Å². The van der Waals surface area contributed by atoms with Crippen molar-refractivity contribution in [3.05, 3.63) is 35.9 Å². The lowest BCUT2D eigenvalue weighted by atomic mass is 10.00. The first-order valence-electron chi connectivity index (χ1n) is 6.84. The third-order valence-electron chi connectivity index (χ3n) is 3.61. The Kier molecular flexibility index (Phi) is 5.16. The zero-order valence-corrected chi connectivity index (χ0v) is 11.9. The lowest BCUT2D eigenvalue weighted by Crippen LogP contribution is -2.51. The molecule has 2 atom stereocenters. The molecule has 1 aliphatic heterocycles. The molecule has 1 fully saturated rings. The Morgan fingerprint density at radius 2 is 2.05 bits per heavy atom. The van der Waals surface area contributed by atoms with Gasteiger partial charge in [-0.1, -0.05) is 30.3 Å². The first-order chi connectivity index (χ1) is 10.1. The van der Waals surface area contributed by atoms with Crippen LogP contribution in [-0.2, 0) is 20.9 Å². The predicted octanol–water partition coefficient (Wildman–Crippen LogP) is 1.89. The summed E-state index contributed by atoms with van der Waals surface area (Å²) in [7, 11) is 1.55. The van der Waals surface area contributed by atoms with Crippen molar-refractivity contribution < 1.29 is 24.2 Å². The molecule has 2 unspecified atom stereocenters. The molecule has 1 saturated heterocycles. The minimum Gasteiger partial charge on any atom is -0.480 e. The Bertz CT molecular complexity index is 490. The van der Waals surface area contributed by atoms with Gasteiger partial charge in [0.15, 0.2) is 0 Å². The number of piperidine rings is 1. The molecule has 1 aliphatic rings. The number of ether oxygens (including phenoxy) is 2. The Labute approximate surface area is 123 Å². The third-order valence-corrected chi connectivity index (χ3v) is 3.61. The van der Waals surface area contributed by atoms with Crippen molar-refractivity contribution in [2.24, 2.45) is 0 Å². The smallest absolute Gasteiger partial charge is 0.410 e. The van der Waals surface area contributed by atoms with E-state index in [1.54, 1.807) is 7.11 Å². The summed E-state index contributed by atoms with van der Waals surface area (Å²) in [5.74, 6) is -1.03. The van der Waals surface area contributed by atoms with Crippen LogP contribution in [0.15, 0.2) is 30.3 Å². The SMILES string of the molecule is COC1CCN(C(=O)OCc2ccccc2)C(C(=O)O)C1. The van der Waals surface area contributed by atoms with E-state index in [0.29, 0.717) is 13.0 Å².